The number of para-hydroxylation sites is 1. The van der Waals surface area contributed by atoms with Crippen molar-refractivity contribution in [1.29, 1.82) is 5.26 Å². The van der Waals surface area contributed by atoms with Crippen molar-refractivity contribution in [2.45, 2.75) is 13.5 Å². The van der Waals surface area contributed by atoms with E-state index in [1.54, 1.807) is 11.6 Å². The largest absolute Gasteiger partial charge is 0.292 e. The Morgan fingerprint density at radius 2 is 2.04 bits per heavy atom. The summed E-state index contributed by atoms with van der Waals surface area (Å²) < 4.78 is 3.86. The van der Waals surface area contributed by atoms with Crippen molar-refractivity contribution in [3.63, 3.8) is 0 Å². The minimum Gasteiger partial charge on any atom is -0.292 e. The van der Waals surface area contributed by atoms with Gasteiger partial charge in [0.2, 0.25) is 0 Å². The van der Waals surface area contributed by atoms with E-state index in [1.807, 2.05) is 41.8 Å². The second-order valence-corrected chi connectivity index (χ2v) is 6.49. The summed E-state index contributed by atoms with van der Waals surface area (Å²) >= 11 is 1.37. The molecule has 1 aromatic carbocycles. The van der Waals surface area contributed by atoms with Crippen molar-refractivity contribution in [2.75, 3.05) is 0 Å². The van der Waals surface area contributed by atoms with Gasteiger partial charge in [0.25, 0.3) is 5.56 Å². The van der Waals surface area contributed by atoms with Crippen molar-refractivity contribution in [3.05, 3.63) is 75.4 Å². The third kappa shape index (κ3) is 2.53. The molecule has 0 unspecified atom stereocenters. The molecule has 4 aromatic rings. The summed E-state index contributed by atoms with van der Waals surface area (Å²) in [5.41, 5.74) is 3.23. The number of aromatic nitrogens is 4. The third-order valence-corrected chi connectivity index (χ3v) is 4.92. The van der Waals surface area contributed by atoms with Gasteiger partial charge >= 0.3 is 0 Å². The highest BCUT2D eigenvalue weighted by molar-refractivity contribution is 7.17. The van der Waals surface area contributed by atoms with E-state index in [2.05, 4.69) is 16.2 Å². The van der Waals surface area contributed by atoms with Crippen LogP contribution in [0.4, 0.5) is 0 Å². The maximum Gasteiger partial charge on any atom is 0.271 e. The zero-order chi connectivity index (χ0) is 17.4. The second kappa shape index (κ2) is 6.00. The summed E-state index contributed by atoms with van der Waals surface area (Å²) in [5.74, 6) is 0. The summed E-state index contributed by atoms with van der Waals surface area (Å²) in [6.45, 7) is 2.03. The summed E-state index contributed by atoms with van der Waals surface area (Å²) in [6.07, 6.45) is 1.52. The van der Waals surface area contributed by atoms with Crippen LogP contribution in [0.2, 0.25) is 0 Å². The molecule has 0 saturated heterocycles. The molecule has 3 heterocycles. The molecule has 6 nitrogen and oxygen atoms in total. The van der Waals surface area contributed by atoms with Gasteiger partial charge in [0.15, 0.2) is 0 Å². The van der Waals surface area contributed by atoms with Gasteiger partial charge in [-0.25, -0.2) is 9.67 Å². The molecule has 0 aliphatic carbocycles. The number of thiophene rings is 1. The first-order valence-electron chi connectivity index (χ1n) is 7.65. The Morgan fingerprint density at radius 1 is 1.24 bits per heavy atom. The fourth-order valence-corrected chi connectivity index (χ4v) is 3.59. The first kappa shape index (κ1) is 15.3. The Kier molecular flexibility index (Phi) is 3.67. The summed E-state index contributed by atoms with van der Waals surface area (Å²) in [5, 5.41) is 15.9. The zero-order valence-corrected chi connectivity index (χ0v) is 14.2. The molecular formula is C18H13N5OS. The first-order chi connectivity index (χ1) is 12.2. The number of aryl methyl sites for hydroxylation is 1. The van der Waals surface area contributed by atoms with Gasteiger partial charge in [-0.3, -0.25) is 9.36 Å². The highest BCUT2D eigenvalue weighted by atomic mass is 32.1. The van der Waals surface area contributed by atoms with E-state index in [4.69, 9.17) is 0 Å². The van der Waals surface area contributed by atoms with Gasteiger partial charge in [0.1, 0.15) is 10.8 Å². The molecule has 0 radical (unpaired) electrons. The summed E-state index contributed by atoms with van der Waals surface area (Å²) in [6, 6.07) is 13.6. The maximum absolute atomic E-state index is 12.7. The minimum absolute atomic E-state index is 0.109. The summed E-state index contributed by atoms with van der Waals surface area (Å²) in [4.78, 5) is 17.0. The molecule has 0 spiro atoms. The molecule has 4 rings (SSSR count). The van der Waals surface area contributed by atoms with Crippen molar-refractivity contribution in [1.82, 2.24) is 19.3 Å². The minimum atomic E-state index is -0.109. The highest BCUT2D eigenvalue weighted by Gasteiger charge is 2.18. The van der Waals surface area contributed by atoms with E-state index in [0.717, 1.165) is 5.69 Å². The van der Waals surface area contributed by atoms with Crippen LogP contribution >= 0.6 is 11.3 Å². The van der Waals surface area contributed by atoms with Crippen LogP contribution in [0.15, 0.2) is 52.9 Å². The third-order valence-electron chi connectivity index (χ3n) is 4.02. The Balaban J connectivity index is 1.88. The lowest BCUT2D eigenvalue weighted by atomic mass is 10.2. The topological polar surface area (TPSA) is 76.5 Å². The molecule has 122 valence electrons. The fraction of sp³-hybridized carbons (Fsp3) is 0.111. The molecule has 0 aliphatic heterocycles. The van der Waals surface area contributed by atoms with Gasteiger partial charge in [0.05, 0.1) is 41.0 Å². The van der Waals surface area contributed by atoms with Crippen LogP contribution in [-0.2, 0) is 6.54 Å². The van der Waals surface area contributed by atoms with Crippen LogP contribution in [0.5, 0.6) is 0 Å². The maximum atomic E-state index is 12.7. The summed E-state index contributed by atoms with van der Waals surface area (Å²) in [7, 11) is 0. The van der Waals surface area contributed by atoms with Crippen LogP contribution in [0.25, 0.3) is 15.9 Å². The normalized spacial score (nSPS) is 10.9. The molecule has 0 fully saturated rings. The van der Waals surface area contributed by atoms with E-state index >= 15 is 0 Å². The van der Waals surface area contributed by atoms with Crippen molar-refractivity contribution in [2.24, 2.45) is 0 Å². The molecule has 0 atom stereocenters. The number of hydrogen-bond acceptors (Lipinski definition) is 5. The molecule has 0 saturated carbocycles. The lowest BCUT2D eigenvalue weighted by molar-refractivity contribution is 0.689. The van der Waals surface area contributed by atoms with Crippen molar-refractivity contribution < 1.29 is 0 Å². The van der Waals surface area contributed by atoms with E-state index in [1.165, 1.54) is 22.2 Å². The standard InChI is InChI=1S/C18H13N5OS/c1-12-14(9-19)16(23(21-12)13-5-3-2-4-6-13)10-22-11-20-15-7-8-25-17(15)18(22)24/h2-8,11H,10H2,1H3. The molecular weight excluding hydrogens is 334 g/mol. The van der Waals surface area contributed by atoms with E-state index in [-0.39, 0.29) is 12.1 Å². The van der Waals surface area contributed by atoms with Gasteiger partial charge < -0.3 is 0 Å². The smallest absolute Gasteiger partial charge is 0.271 e. The van der Waals surface area contributed by atoms with Crippen LogP contribution in [0.3, 0.4) is 0 Å². The fourth-order valence-electron chi connectivity index (χ4n) is 2.80. The van der Waals surface area contributed by atoms with Gasteiger partial charge in [-0.2, -0.15) is 10.4 Å². The molecule has 0 amide bonds. The van der Waals surface area contributed by atoms with Gasteiger partial charge in [-0.1, -0.05) is 18.2 Å². The molecule has 25 heavy (non-hydrogen) atoms. The lowest BCUT2D eigenvalue weighted by Crippen LogP contribution is -2.22. The van der Waals surface area contributed by atoms with Crippen LogP contribution < -0.4 is 5.56 Å². The molecule has 7 heteroatoms. The average Bonchev–Trinajstić information content (AvgIpc) is 3.23. The van der Waals surface area contributed by atoms with Gasteiger partial charge in [0, 0.05) is 0 Å². The number of fused-ring (bicyclic) bond motifs is 1. The molecule has 3 aromatic heterocycles. The quantitative estimate of drug-likeness (QED) is 0.571. The SMILES string of the molecule is Cc1nn(-c2ccccc2)c(Cn2cnc3ccsc3c2=O)c1C#N. The van der Waals surface area contributed by atoms with Gasteiger partial charge in [-0.05, 0) is 30.5 Å². The van der Waals surface area contributed by atoms with E-state index in [0.29, 0.717) is 27.2 Å². The molecule has 0 N–H and O–H groups in total. The van der Waals surface area contributed by atoms with Crippen molar-refractivity contribution in [3.8, 4) is 11.8 Å². The number of benzene rings is 1. The number of nitrogens with zero attached hydrogens (tertiary/aromatic N) is 5. The van der Waals surface area contributed by atoms with Gasteiger partial charge in [-0.15, -0.1) is 11.3 Å². The Bertz CT molecular complexity index is 1160. The van der Waals surface area contributed by atoms with Crippen LogP contribution in [0, 0.1) is 18.3 Å². The monoisotopic (exact) mass is 347 g/mol. The Labute approximate surface area is 147 Å². The predicted octanol–water partition coefficient (Wildman–Crippen LogP) is 2.87. The Hall–Kier alpha value is -3.24. The average molecular weight is 347 g/mol. The van der Waals surface area contributed by atoms with Crippen molar-refractivity contribution >= 4 is 21.6 Å². The Morgan fingerprint density at radius 3 is 2.80 bits per heavy atom. The lowest BCUT2D eigenvalue weighted by Gasteiger charge is -2.09. The van der Waals surface area contributed by atoms with E-state index < -0.39 is 0 Å². The van der Waals surface area contributed by atoms with E-state index in [9.17, 15) is 10.1 Å². The highest BCUT2D eigenvalue weighted by Crippen LogP contribution is 2.19. The predicted molar refractivity (Wildman–Crippen MR) is 96.0 cm³/mol. The number of hydrogen-bond donors (Lipinski definition) is 0. The number of rotatable bonds is 3. The number of nitriles is 1. The molecule has 0 aliphatic rings. The van der Waals surface area contributed by atoms with Crippen LogP contribution in [-0.4, -0.2) is 19.3 Å². The second-order valence-electron chi connectivity index (χ2n) is 5.58. The zero-order valence-electron chi connectivity index (χ0n) is 13.4. The molecule has 0 bridgehead atoms. The first-order valence-corrected chi connectivity index (χ1v) is 8.53. The van der Waals surface area contributed by atoms with Crippen LogP contribution in [0.1, 0.15) is 17.0 Å².